The topological polar surface area (TPSA) is 90.7 Å². The number of likely N-dealkylation sites (N-methyl/N-ethyl adjacent to an activating group) is 1. The Hall–Kier alpha value is -3.27. The highest BCUT2D eigenvalue weighted by atomic mass is 19.4. The Labute approximate surface area is 189 Å². The van der Waals surface area contributed by atoms with Gasteiger partial charge < -0.3 is 26.2 Å². The van der Waals surface area contributed by atoms with Crippen molar-refractivity contribution in [1.29, 1.82) is 0 Å². The summed E-state index contributed by atoms with van der Waals surface area (Å²) in [6.45, 7) is 3.24. The van der Waals surface area contributed by atoms with Crippen LogP contribution < -0.4 is 21.3 Å². The van der Waals surface area contributed by atoms with Crippen LogP contribution in [0.25, 0.3) is 0 Å². The largest absolute Gasteiger partial charge is 0.418 e. The molecule has 2 aromatic carbocycles. The highest BCUT2D eigenvalue weighted by Crippen LogP contribution is 2.36. The number of carbonyl (C=O) groups is 2. The van der Waals surface area contributed by atoms with E-state index in [2.05, 4.69) is 20.4 Å². The van der Waals surface area contributed by atoms with Crippen LogP contribution in [0.2, 0.25) is 0 Å². The molecule has 2 aromatic rings. The summed E-state index contributed by atoms with van der Waals surface area (Å²) in [5.74, 6) is -1.24. The lowest BCUT2D eigenvalue weighted by Crippen LogP contribution is -2.44. The van der Waals surface area contributed by atoms with E-state index in [4.69, 9.17) is 5.73 Å². The molecule has 0 unspecified atom stereocenters. The standard InChI is InChI=1S/C23H26F3N5O2/c1-30-8-10-31(11-9-30)16-5-7-19(27)17(13-16)22(33)29-20-12-14(21(32)28-15-3-4-15)2-6-18(20)23(24,25)26/h2,5-7,12-13,15H,3-4,8-11,27H2,1H3,(H,28,32)(H,29,33). The first-order valence-corrected chi connectivity index (χ1v) is 10.8. The SMILES string of the molecule is CN1CCN(c2ccc(N)c(C(=O)Nc3cc(C(=O)NC4CC4)ccc3C(F)(F)F)c2)CC1. The van der Waals surface area contributed by atoms with E-state index < -0.39 is 29.2 Å². The summed E-state index contributed by atoms with van der Waals surface area (Å²) in [6, 6.07) is 7.98. The van der Waals surface area contributed by atoms with Crippen molar-refractivity contribution in [3.63, 3.8) is 0 Å². The number of hydrogen-bond donors (Lipinski definition) is 3. The van der Waals surface area contributed by atoms with E-state index in [1.54, 1.807) is 18.2 Å². The van der Waals surface area contributed by atoms with Gasteiger partial charge in [0, 0.05) is 49.2 Å². The van der Waals surface area contributed by atoms with Gasteiger partial charge in [-0.2, -0.15) is 13.2 Å². The summed E-state index contributed by atoms with van der Waals surface area (Å²) in [4.78, 5) is 29.6. The lowest BCUT2D eigenvalue weighted by atomic mass is 10.1. The number of nitrogens with zero attached hydrogens (tertiary/aromatic N) is 2. The number of nitrogens with two attached hydrogens (primary N) is 1. The lowest BCUT2D eigenvalue weighted by molar-refractivity contribution is -0.136. The number of amides is 2. The van der Waals surface area contributed by atoms with Crippen LogP contribution in [0.5, 0.6) is 0 Å². The molecule has 2 fully saturated rings. The number of halogens is 3. The van der Waals surface area contributed by atoms with E-state index in [1.807, 2.05) is 7.05 Å². The summed E-state index contributed by atoms with van der Waals surface area (Å²) in [7, 11) is 2.02. The van der Waals surface area contributed by atoms with Crippen LogP contribution in [0.15, 0.2) is 36.4 Å². The number of hydrogen-bond acceptors (Lipinski definition) is 5. The van der Waals surface area contributed by atoms with Gasteiger partial charge in [0.25, 0.3) is 11.8 Å². The molecule has 0 radical (unpaired) electrons. The van der Waals surface area contributed by atoms with Crippen LogP contribution in [0.4, 0.5) is 30.2 Å². The second-order valence-electron chi connectivity index (χ2n) is 8.52. The summed E-state index contributed by atoms with van der Waals surface area (Å²) in [5, 5.41) is 5.06. The average Bonchev–Trinajstić information content (AvgIpc) is 3.58. The molecule has 4 N–H and O–H groups in total. The molecule has 176 valence electrons. The van der Waals surface area contributed by atoms with Crippen LogP contribution in [0.3, 0.4) is 0 Å². The van der Waals surface area contributed by atoms with Crippen molar-refractivity contribution >= 4 is 28.9 Å². The Morgan fingerprint density at radius 3 is 2.33 bits per heavy atom. The smallest absolute Gasteiger partial charge is 0.398 e. The van der Waals surface area contributed by atoms with Crippen LogP contribution in [-0.4, -0.2) is 56.0 Å². The number of nitrogen functional groups attached to an aromatic ring is 1. The summed E-state index contributed by atoms with van der Waals surface area (Å²) < 4.78 is 40.8. The number of nitrogens with one attached hydrogen (secondary N) is 2. The van der Waals surface area contributed by atoms with Crippen molar-refractivity contribution < 1.29 is 22.8 Å². The highest BCUT2D eigenvalue weighted by Gasteiger charge is 2.35. The fourth-order valence-corrected chi connectivity index (χ4v) is 3.72. The number of anilines is 3. The molecule has 1 aliphatic heterocycles. The zero-order valence-corrected chi connectivity index (χ0v) is 18.2. The maximum Gasteiger partial charge on any atom is 0.418 e. The highest BCUT2D eigenvalue weighted by molar-refractivity contribution is 6.09. The minimum atomic E-state index is -4.71. The maximum absolute atomic E-state index is 13.6. The number of alkyl halides is 3. The predicted octanol–water partition coefficient (Wildman–Crippen LogP) is 3.18. The van der Waals surface area contributed by atoms with Crippen molar-refractivity contribution in [2.45, 2.75) is 25.1 Å². The van der Waals surface area contributed by atoms with Gasteiger partial charge in [0.15, 0.2) is 0 Å². The Kier molecular flexibility index (Phi) is 6.20. The normalized spacial score (nSPS) is 17.0. The van der Waals surface area contributed by atoms with Crippen LogP contribution in [0, 0.1) is 0 Å². The third kappa shape index (κ3) is 5.39. The van der Waals surface area contributed by atoms with Gasteiger partial charge >= 0.3 is 6.18 Å². The molecule has 1 saturated heterocycles. The fourth-order valence-electron chi connectivity index (χ4n) is 3.72. The predicted molar refractivity (Wildman–Crippen MR) is 120 cm³/mol. The molecule has 4 rings (SSSR count). The van der Waals surface area contributed by atoms with E-state index in [0.717, 1.165) is 62.9 Å². The minimum absolute atomic E-state index is 0.0457. The molecule has 0 bridgehead atoms. The fraction of sp³-hybridized carbons (Fsp3) is 0.391. The van der Waals surface area contributed by atoms with E-state index in [9.17, 15) is 22.8 Å². The van der Waals surface area contributed by atoms with E-state index >= 15 is 0 Å². The van der Waals surface area contributed by atoms with E-state index in [0.29, 0.717) is 0 Å². The van der Waals surface area contributed by atoms with Crippen molar-refractivity contribution in [3.05, 3.63) is 53.1 Å². The summed E-state index contributed by atoms with van der Waals surface area (Å²) >= 11 is 0. The van der Waals surface area contributed by atoms with Gasteiger partial charge in [-0.1, -0.05) is 0 Å². The second kappa shape index (κ2) is 8.93. The van der Waals surface area contributed by atoms with Gasteiger partial charge in [-0.25, -0.2) is 0 Å². The molecule has 0 spiro atoms. The Morgan fingerprint density at radius 2 is 1.70 bits per heavy atom. The first kappa shape index (κ1) is 22.9. The molecule has 1 aliphatic carbocycles. The average molecular weight is 461 g/mol. The van der Waals surface area contributed by atoms with Gasteiger partial charge in [0.2, 0.25) is 0 Å². The molecule has 2 amide bonds. The van der Waals surface area contributed by atoms with Crippen LogP contribution >= 0.6 is 0 Å². The van der Waals surface area contributed by atoms with Gasteiger partial charge in [0.05, 0.1) is 16.8 Å². The molecular weight excluding hydrogens is 435 g/mol. The van der Waals surface area contributed by atoms with Gasteiger partial charge in [-0.3, -0.25) is 9.59 Å². The maximum atomic E-state index is 13.6. The number of carbonyl (C=O) groups excluding carboxylic acids is 2. The Balaban J connectivity index is 1.60. The van der Waals surface area contributed by atoms with Gasteiger partial charge in [0.1, 0.15) is 0 Å². The molecule has 0 atom stereocenters. The Morgan fingerprint density at radius 1 is 1.00 bits per heavy atom. The third-order valence-corrected chi connectivity index (χ3v) is 5.90. The van der Waals surface area contributed by atoms with Crippen molar-refractivity contribution in [1.82, 2.24) is 10.2 Å². The molecule has 33 heavy (non-hydrogen) atoms. The van der Waals surface area contributed by atoms with Crippen LogP contribution in [-0.2, 0) is 6.18 Å². The molecule has 2 aliphatic rings. The molecule has 1 saturated carbocycles. The van der Waals surface area contributed by atoms with Crippen molar-refractivity contribution in [3.8, 4) is 0 Å². The zero-order chi connectivity index (χ0) is 23.8. The summed E-state index contributed by atoms with van der Waals surface area (Å²) in [5.41, 5.74) is 5.52. The zero-order valence-electron chi connectivity index (χ0n) is 18.2. The number of benzene rings is 2. The monoisotopic (exact) mass is 461 g/mol. The van der Waals surface area contributed by atoms with E-state index in [-0.39, 0.29) is 22.9 Å². The molecule has 10 heteroatoms. The number of rotatable bonds is 5. The molecule has 7 nitrogen and oxygen atoms in total. The van der Waals surface area contributed by atoms with Crippen molar-refractivity contribution in [2.75, 3.05) is 49.2 Å². The first-order chi connectivity index (χ1) is 15.6. The first-order valence-electron chi connectivity index (χ1n) is 10.8. The third-order valence-electron chi connectivity index (χ3n) is 5.90. The lowest BCUT2D eigenvalue weighted by Gasteiger charge is -2.34. The Bertz CT molecular complexity index is 1060. The number of piperazine rings is 1. The van der Waals surface area contributed by atoms with Crippen LogP contribution in [0.1, 0.15) is 39.1 Å². The van der Waals surface area contributed by atoms with Gasteiger partial charge in [-0.05, 0) is 56.3 Å². The second-order valence-corrected chi connectivity index (χ2v) is 8.52. The van der Waals surface area contributed by atoms with Crippen molar-refractivity contribution in [2.24, 2.45) is 0 Å². The molecular formula is C23H26F3N5O2. The molecule has 0 aromatic heterocycles. The minimum Gasteiger partial charge on any atom is -0.398 e. The molecule has 1 heterocycles. The summed E-state index contributed by atoms with van der Waals surface area (Å²) in [6.07, 6.45) is -3.01. The van der Waals surface area contributed by atoms with Gasteiger partial charge in [-0.15, -0.1) is 0 Å². The van der Waals surface area contributed by atoms with E-state index in [1.165, 1.54) is 0 Å². The quantitative estimate of drug-likeness (QED) is 0.595.